The summed E-state index contributed by atoms with van der Waals surface area (Å²) in [7, 11) is -3.70. The summed E-state index contributed by atoms with van der Waals surface area (Å²) >= 11 is 12.1. The maximum atomic E-state index is 12.9. The molecule has 2 heterocycles. The van der Waals surface area contributed by atoms with Gasteiger partial charge in [0, 0.05) is 31.7 Å². The molecule has 0 saturated carbocycles. The van der Waals surface area contributed by atoms with E-state index in [9.17, 15) is 8.42 Å². The highest BCUT2D eigenvalue weighted by Gasteiger charge is 2.31. The molecule has 1 aliphatic heterocycles. The van der Waals surface area contributed by atoms with Gasteiger partial charge in [0.05, 0.1) is 16.6 Å². The molecule has 1 aromatic heterocycles. The van der Waals surface area contributed by atoms with Crippen LogP contribution in [0.3, 0.4) is 0 Å². The van der Waals surface area contributed by atoms with E-state index in [1.807, 2.05) is 30.3 Å². The Labute approximate surface area is 178 Å². The van der Waals surface area contributed by atoms with Gasteiger partial charge >= 0.3 is 0 Å². The zero-order valence-corrected chi connectivity index (χ0v) is 17.7. The van der Waals surface area contributed by atoms with Crippen LogP contribution in [0.25, 0.3) is 11.4 Å². The summed E-state index contributed by atoms with van der Waals surface area (Å²) in [4.78, 5) is 6.54. The zero-order valence-electron chi connectivity index (χ0n) is 15.3. The molecule has 1 fully saturated rings. The van der Waals surface area contributed by atoms with E-state index in [2.05, 4.69) is 15.0 Å². The van der Waals surface area contributed by atoms with E-state index in [4.69, 9.17) is 27.7 Å². The third kappa shape index (κ3) is 4.31. The van der Waals surface area contributed by atoms with Gasteiger partial charge in [-0.15, -0.1) is 0 Å². The van der Waals surface area contributed by atoms with Crippen LogP contribution in [0.2, 0.25) is 10.0 Å². The van der Waals surface area contributed by atoms with Crippen LogP contribution < -0.4 is 0 Å². The van der Waals surface area contributed by atoms with Crippen LogP contribution in [-0.2, 0) is 16.6 Å². The number of aromatic nitrogens is 2. The summed E-state index contributed by atoms with van der Waals surface area (Å²) in [5.41, 5.74) is 0.886. The van der Waals surface area contributed by atoms with Crippen molar-refractivity contribution in [3.8, 4) is 11.4 Å². The standard InChI is InChI=1S/C19H18Cl2N4O3S/c20-15-7-4-8-16(18(15)21)29(26,27)25-11-9-24(10-12-25)13-17-22-19(23-28-17)14-5-2-1-3-6-14/h1-8H,9-13H2. The lowest BCUT2D eigenvalue weighted by Gasteiger charge is -2.33. The molecule has 0 N–H and O–H groups in total. The molecule has 2 aromatic carbocycles. The number of rotatable bonds is 5. The molecule has 29 heavy (non-hydrogen) atoms. The number of hydrogen-bond acceptors (Lipinski definition) is 6. The fourth-order valence-corrected chi connectivity index (χ4v) is 5.32. The first-order chi connectivity index (χ1) is 13.9. The van der Waals surface area contributed by atoms with Crippen molar-refractivity contribution < 1.29 is 12.9 Å². The summed E-state index contributed by atoms with van der Waals surface area (Å²) in [6.45, 7) is 2.22. The molecule has 10 heteroatoms. The third-order valence-corrected chi connectivity index (χ3v) is 7.60. The molecule has 0 radical (unpaired) electrons. The Morgan fingerprint density at radius 3 is 2.41 bits per heavy atom. The summed E-state index contributed by atoms with van der Waals surface area (Å²) in [5, 5.41) is 4.29. The quantitative estimate of drug-likeness (QED) is 0.588. The number of piperazine rings is 1. The van der Waals surface area contributed by atoms with Crippen LogP contribution in [0.15, 0.2) is 57.9 Å². The zero-order chi connectivity index (χ0) is 20.4. The maximum absolute atomic E-state index is 12.9. The van der Waals surface area contributed by atoms with Gasteiger partial charge in [-0.05, 0) is 12.1 Å². The topological polar surface area (TPSA) is 79.5 Å². The van der Waals surface area contributed by atoms with Crippen LogP contribution in [-0.4, -0.2) is 53.9 Å². The second kappa shape index (κ2) is 8.41. The first-order valence-electron chi connectivity index (χ1n) is 8.99. The molecule has 0 aliphatic carbocycles. The second-order valence-electron chi connectivity index (χ2n) is 6.61. The highest BCUT2D eigenvalue weighted by molar-refractivity contribution is 7.89. The highest BCUT2D eigenvalue weighted by atomic mass is 35.5. The van der Waals surface area contributed by atoms with Crippen LogP contribution in [0.4, 0.5) is 0 Å². The number of benzene rings is 2. The van der Waals surface area contributed by atoms with Crippen LogP contribution in [0.5, 0.6) is 0 Å². The van der Waals surface area contributed by atoms with E-state index in [1.165, 1.54) is 10.4 Å². The smallest absolute Gasteiger partial charge is 0.244 e. The van der Waals surface area contributed by atoms with Gasteiger partial charge in [0.15, 0.2) is 0 Å². The monoisotopic (exact) mass is 452 g/mol. The molecule has 0 atom stereocenters. The first-order valence-corrected chi connectivity index (χ1v) is 11.2. The average molecular weight is 453 g/mol. The summed E-state index contributed by atoms with van der Waals surface area (Å²) in [5.74, 6) is 1.04. The minimum atomic E-state index is -3.70. The van der Waals surface area contributed by atoms with Crippen molar-refractivity contribution in [3.63, 3.8) is 0 Å². The third-order valence-electron chi connectivity index (χ3n) is 4.72. The Bertz CT molecular complexity index is 1100. The van der Waals surface area contributed by atoms with Crippen molar-refractivity contribution in [3.05, 3.63) is 64.5 Å². The molecule has 4 rings (SSSR count). The Morgan fingerprint density at radius 2 is 1.69 bits per heavy atom. The van der Waals surface area contributed by atoms with E-state index in [0.717, 1.165) is 5.56 Å². The molecule has 7 nitrogen and oxygen atoms in total. The van der Waals surface area contributed by atoms with Gasteiger partial charge in [-0.1, -0.05) is 64.8 Å². The molecular formula is C19H18Cl2N4O3S. The van der Waals surface area contributed by atoms with E-state index >= 15 is 0 Å². The van der Waals surface area contributed by atoms with Crippen molar-refractivity contribution >= 4 is 33.2 Å². The van der Waals surface area contributed by atoms with Crippen molar-refractivity contribution in [1.29, 1.82) is 0 Å². The number of halogens is 2. The van der Waals surface area contributed by atoms with Gasteiger partial charge in [0.2, 0.25) is 21.7 Å². The Kier molecular flexibility index (Phi) is 5.89. The fraction of sp³-hybridized carbons (Fsp3) is 0.263. The highest BCUT2D eigenvalue weighted by Crippen LogP contribution is 2.31. The molecule has 0 unspecified atom stereocenters. The Morgan fingerprint density at radius 1 is 0.966 bits per heavy atom. The van der Waals surface area contributed by atoms with E-state index in [-0.39, 0.29) is 14.9 Å². The molecular weight excluding hydrogens is 435 g/mol. The van der Waals surface area contributed by atoms with Crippen LogP contribution in [0, 0.1) is 0 Å². The lowest BCUT2D eigenvalue weighted by Crippen LogP contribution is -2.48. The predicted octanol–water partition coefficient (Wildman–Crippen LogP) is 3.55. The molecule has 0 amide bonds. The molecule has 0 bridgehead atoms. The minimum Gasteiger partial charge on any atom is -0.338 e. The first kappa shape index (κ1) is 20.3. The predicted molar refractivity (Wildman–Crippen MR) is 110 cm³/mol. The number of hydrogen-bond donors (Lipinski definition) is 0. The number of nitrogens with zero attached hydrogens (tertiary/aromatic N) is 4. The Hall–Kier alpha value is -1.97. The Balaban J connectivity index is 1.40. The fourth-order valence-electron chi connectivity index (χ4n) is 3.17. The lowest BCUT2D eigenvalue weighted by molar-refractivity contribution is 0.163. The van der Waals surface area contributed by atoms with E-state index in [0.29, 0.717) is 44.4 Å². The summed E-state index contributed by atoms with van der Waals surface area (Å²) in [6, 6.07) is 14.2. The van der Waals surface area contributed by atoms with Crippen LogP contribution in [0.1, 0.15) is 5.89 Å². The van der Waals surface area contributed by atoms with Gasteiger partial charge < -0.3 is 4.52 Å². The molecule has 1 saturated heterocycles. The van der Waals surface area contributed by atoms with Crippen molar-refractivity contribution in [2.75, 3.05) is 26.2 Å². The van der Waals surface area contributed by atoms with Crippen molar-refractivity contribution in [2.45, 2.75) is 11.4 Å². The van der Waals surface area contributed by atoms with Gasteiger partial charge in [-0.2, -0.15) is 9.29 Å². The van der Waals surface area contributed by atoms with Crippen molar-refractivity contribution in [2.24, 2.45) is 0 Å². The second-order valence-corrected chi connectivity index (χ2v) is 9.30. The van der Waals surface area contributed by atoms with Crippen LogP contribution >= 0.6 is 23.2 Å². The lowest BCUT2D eigenvalue weighted by atomic mass is 10.2. The summed E-state index contributed by atoms with van der Waals surface area (Å²) < 4.78 is 32.6. The largest absolute Gasteiger partial charge is 0.338 e. The van der Waals surface area contributed by atoms with Gasteiger partial charge in [-0.3, -0.25) is 4.90 Å². The van der Waals surface area contributed by atoms with Crippen molar-refractivity contribution in [1.82, 2.24) is 19.3 Å². The summed E-state index contributed by atoms with van der Waals surface area (Å²) in [6.07, 6.45) is 0. The normalized spacial score (nSPS) is 16.2. The van der Waals surface area contributed by atoms with Gasteiger partial charge in [0.25, 0.3) is 0 Å². The molecule has 152 valence electrons. The molecule has 1 aliphatic rings. The molecule has 0 spiro atoms. The SMILES string of the molecule is O=S(=O)(c1cccc(Cl)c1Cl)N1CCN(Cc2nc(-c3ccccc3)no2)CC1. The van der Waals surface area contributed by atoms with Gasteiger partial charge in [-0.25, -0.2) is 8.42 Å². The molecule has 3 aromatic rings. The maximum Gasteiger partial charge on any atom is 0.244 e. The minimum absolute atomic E-state index is 0.0320. The van der Waals surface area contributed by atoms with E-state index < -0.39 is 10.0 Å². The van der Waals surface area contributed by atoms with Gasteiger partial charge in [0.1, 0.15) is 4.90 Å². The van der Waals surface area contributed by atoms with E-state index in [1.54, 1.807) is 12.1 Å². The average Bonchev–Trinajstić information content (AvgIpc) is 3.19. The number of sulfonamides is 1.